The number of aliphatic imine (C=N–C) groups is 1. The molecule has 0 saturated carbocycles. The third kappa shape index (κ3) is 7.93. The molecule has 0 aliphatic carbocycles. The number of nitrogens with one attached hydrogen (secondary N) is 2. The topological polar surface area (TPSA) is 88.7 Å². The molecule has 6 nitrogen and oxygen atoms in total. The van der Waals surface area contributed by atoms with E-state index in [2.05, 4.69) is 20.4 Å². The van der Waals surface area contributed by atoms with Crippen molar-refractivity contribution < 1.29 is 22.7 Å². The van der Waals surface area contributed by atoms with Crippen LogP contribution in [-0.2, 0) is 4.79 Å². The van der Waals surface area contributed by atoms with Crippen molar-refractivity contribution in [3.8, 4) is 5.75 Å². The van der Waals surface area contributed by atoms with Crippen LogP contribution in [0.5, 0.6) is 5.75 Å². The fraction of sp³-hybridized carbons (Fsp3) is 0.429. The Morgan fingerprint density at radius 1 is 1.35 bits per heavy atom. The minimum absolute atomic E-state index is 0.0216. The number of rotatable bonds is 6. The molecule has 23 heavy (non-hydrogen) atoms. The molecule has 9 heteroatoms. The Balaban J connectivity index is 2.61. The molecule has 1 aromatic carbocycles. The summed E-state index contributed by atoms with van der Waals surface area (Å²) in [7, 11) is 0. The first kappa shape index (κ1) is 18.6. The lowest BCUT2D eigenvalue weighted by atomic mass is 10.3. The van der Waals surface area contributed by atoms with Crippen molar-refractivity contribution in [3.05, 3.63) is 24.3 Å². The highest BCUT2D eigenvalue weighted by Crippen LogP contribution is 2.29. The first-order valence-electron chi connectivity index (χ1n) is 6.88. The average molecular weight is 332 g/mol. The maximum atomic E-state index is 12.3. The van der Waals surface area contributed by atoms with Crippen LogP contribution >= 0.6 is 0 Å². The maximum absolute atomic E-state index is 12.3. The van der Waals surface area contributed by atoms with Gasteiger partial charge in [-0.1, -0.05) is 12.1 Å². The summed E-state index contributed by atoms with van der Waals surface area (Å²) in [6, 6.07) is 5.46. The van der Waals surface area contributed by atoms with Crippen LogP contribution in [0.15, 0.2) is 29.3 Å². The summed E-state index contributed by atoms with van der Waals surface area (Å²) in [5.41, 5.74) is 5.62. The Bertz CT molecular complexity index is 559. The van der Waals surface area contributed by atoms with Gasteiger partial charge >= 0.3 is 6.36 Å². The number of anilines is 1. The van der Waals surface area contributed by atoms with Crippen LogP contribution in [0.25, 0.3) is 0 Å². The summed E-state index contributed by atoms with van der Waals surface area (Å²) < 4.78 is 40.8. The standard InChI is InChI=1S/C14H19F3N4O2/c1-9(2)20-12(22)7-8-19-13(18)21-10-5-3-4-6-11(10)23-14(15,16)17/h3-6,9H,7-8H2,1-2H3,(H,20,22)(H3,18,19,21). The summed E-state index contributed by atoms with van der Waals surface area (Å²) in [6.07, 6.45) is -4.68. The van der Waals surface area contributed by atoms with Crippen LogP contribution in [-0.4, -0.2) is 30.8 Å². The second kappa shape index (κ2) is 8.25. The van der Waals surface area contributed by atoms with Gasteiger partial charge in [-0.05, 0) is 26.0 Å². The molecule has 1 aromatic rings. The van der Waals surface area contributed by atoms with Crippen molar-refractivity contribution in [2.24, 2.45) is 10.7 Å². The highest BCUT2D eigenvalue weighted by Gasteiger charge is 2.32. The van der Waals surface area contributed by atoms with Gasteiger partial charge in [0.25, 0.3) is 0 Å². The van der Waals surface area contributed by atoms with E-state index in [-0.39, 0.29) is 36.6 Å². The molecule has 0 aliphatic heterocycles. The predicted octanol–water partition coefficient (Wildman–Crippen LogP) is 2.23. The molecule has 0 radical (unpaired) electrons. The van der Waals surface area contributed by atoms with Gasteiger partial charge < -0.3 is 21.1 Å². The molecule has 1 amide bonds. The number of halogens is 3. The van der Waals surface area contributed by atoms with Gasteiger partial charge in [-0.3, -0.25) is 9.79 Å². The van der Waals surface area contributed by atoms with Crippen LogP contribution in [0.4, 0.5) is 18.9 Å². The van der Waals surface area contributed by atoms with Crippen LogP contribution in [0.2, 0.25) is 0 Å². The SMILES string of the molecule is CC(C)NC(=O)CCN=C(N)Nc1ccccc1OC(F)(F)F. The van der Waals surface area contributed by atoms with Gasteiger partial charge in [-0.15, -0.1) is 13.2 Å². The number of guanidine groups is 1. The Labute approximate surface area is 131 Å². The van der Waals surface area contributed by atoms with Crippen molar-refractivity contribution in [1.29, 1.82) is 0 Å². The molecule has 4 N–H and O–H groups in total. The number of hydrogen-bond donors (Lipinski definition) is 3. The molecule has 0 saturated heterocycles. The fourth-order valence-corrected chi connectivity index (χ4v) is 1.63. The molecule has 0 bridgehead atoms. The van der Waals surface area contributed by atoms with Crippen LogP contribution in [0, 0.1) is 0 Å². The van der Waals surface area contributed by atoms with Gasteiger partial charge in [0.15, 0.2) is 11.7 Å². The lowest BCUT2D eigenvalue weighted by Gasteiger charge is -2.14. The molecule has 0 atom stereocenters. The second-order valence-electron chi connectivity index (χ2n) is 4.91. The van der Waals surface area contributed by atoms with E-state index in [1.54, 1.807) is 0 Å². The van der Waals surface area contributed by atoms with Gasteiger partial charge in [-0.2, -0.15) is 0 Å². The molecular weight excluding hydrogens is 313 g/mol. The van der Waals surface area contributed by atoms with E-state index in [0.29, 0.717) is 0 Å². The summed E-state index contributed by atoms with van der Waals surface area (Å²) in [4.78, 5) is 15.3. The molecule has 0 fully saturated rings. The van der Waals surface area contributed by atoms with Gasteiger partial charge in [0.05, 0.1) is 12.2 Å². The van der Waals surface area contributed by atoms with Gasteiger partial charge in [0, 0.05) is 12.5 Å². The van der Waals surface area contributed by atoms with E-state index in [0.717, 1.165) is 6.07 Å². The minimum atomic E-state index is -4.81. The number of amides is 1. The molecule has 128 valence electrons. The number of carbonyl (C=O) groups excluding carboxylic acids is 1. The lowest BCUT2D eigenvalue weighted by Crippen LogP contribution is -2.31. The number of alkyl halides is 3. The summed E-state index contributed by atoms with van der Waals surface area (Å²) in [6.45, 7) is 3.77. The minimum Gasteiger partial charge on any atom is -0.404 e. The number of nitrogens with zero attached hydrogens (tertiary/aromatic N) is 1. The van der Waals surface area contributed by atoms with E-state index in [4.69, 9.17) is 5.73 Å². The molecule has 1 rings (SSSR count). The second-order valence-corrected chi connectivity index (χ2v) is 4.91. The first-order chi connectivity index (χ1) is 10.7. The quantitative estimate of drug-likeness (QED) is 0.550. The number of benzene rings is 1. The lowest BCUT2D eigenvalue weighted by molar-refractivity contribution is -0.274. The maximum Gasteiger partial charge on any atom is 0.573 e. The monoisotopic (exact) mass is 332 g/mol. The van der Waals surface area contributed by atoms with E-state index in [1.807, 2.05) is 13.8 Å². The Hall–Kier alpha value is -2.45. The average Bonchev–Trinajstić information content (AvgIpc) is 2.38. The highest BCUT2D eigenvalue weighted by molar-refractivity contribution is 5.93. The smallest absolute Gasteiger partial charge is 0.404 e. The highest BCUT2D eigenvalue weighted by atomic mass is 19.4. The third-order valence-corrected chi connectivity index (χ3v) is 2.45. The van der Waals surface area contributed by atoms with E-state index >= 15 is 0 Å². The van der Waals surface area contributed by atoms with Crippen molar-refractivity contribution >= 4 is 17.6 Å². The van der Waals surface area contributed by atoms with Gasteiger partial charge in [0.1, 0.15) is 0 Å². The number of carbonyl (C=O) groups is 1. The molecule has 0 aliphatic rings. The summed E-state index contributed by atoms with van der Waals surface area (Å²) in [5, 5.41) is 5.21. The van der Waals surface area contributed by atoms with E-state index < -0.39 is 12.1 Å². The van der Waals surface area contributed by atoms with Gasteiger partial charge in [-0.25, -0.2) is 0 Å². The fourth-order valence-electron chi connectivity index (χ4n) is 1.63. The van der Waals surface area contributed by atoms with Crippen molar-refractivity contribution in [1.82, 2.24) is 5.32 Å². The van der Waals surface area contributed by atoms with Crippen LogP contribution in [0.1, 0.15) is 20.3 Å². The molecule has 0 heterocycles. The number of para-hydroxylation sites is 2. The summed E-state index contributed by atoms with van der Waals surface area (Å²) >= 11 is 0. The Morgan fingerprint density at radius 3 is 2.61 bits per heavy atom. The van der Waals surface area contributed by atoms with Crippen molar-refractivity contribution in [2.45, 2.75) is 32.7 Å². The van der Waals surface area contributed by atoms with Crippen molar-refractivity contribution in [2.75, 3.05) is 11.9 Å². The molecule has 0 spiro atoms. The molecular formula is C14H19F3N4O2. The molecule has 0 unspecified atom stereocenters. The zero-order valence-electron chi connectivity index (χ0n) is 12.8. The molecule has 0 aromatic heterocycles. The van der Waals surface area contributed by atoms with E-state index in [9.17, 15) is 18.0 Å². The predicted molar refractivity (Wildman–Crippen MR) is 81.1 cm³/mol. The van der Waals surface area contributed by atoms with Gasteiger partial charge in [0.2, 0.25) is 5.91 Å². The summed E-state index contributed by atoms with van der Waals surface area (Å²) in [5.74, 6) is -0.714. The zero-order valence-corrected chi connectivity index (χ0v) is 12.8. The van der Waals surface area contributed by atoms with E-state index in [1.165, 1.54) is 18.2 Å². The number of ether oxygens (including phenoxy) is 1. The third-order valence-electron chi connectivity index (χ3n) is 2.45. The largest absolute Gasteiger partial charge is 0.573 e. The zero-order chi connectivity index (χ0) is 17.5. The first-order valence-corrected chi connectivity index (χ1v) is 6.88. The normalized spacial score (nSPS) is 12.2. The number of hydrogen-bond acceptors (Lipinski definition) is 3. The Kier molecular flexibility index (Phi) is 6.67. The van der Waals surface area contributed by atoms with Crippen molar-refractivity contribution in [3.63, 3.8) is 0 Å². The Morgan fingerprint density at radius 2 is 2.00 bits per heavy atom. The van der Waals surface area contributed by atoms with Crippen LogP contribution in [0.3, 0.4) is 0 Å². The number of nitrogens with two attached hydrogens (primary N) is 1. The van der Waals surface area contributed by atoms with Crippen LogP contribution < -0.4 is 21.1 Å².